The minimum Gasteiger partial charge on any atom is -0.326 e. The molecule has 2 aromatic rings. The number of rotatable bonds is 6. The van der Waals surface area contributed by atoms with E-state index in [-0.39, 0.29) is 30.1 Å². The average molecular weight is 383 g/mol. The van der Waals surface area contributed by atoms with Crippen molar-refractivity contribution in [3.05, 3.63) is 59.9 Å². The van der Waals surface area contributed by atoms with Gasteiger partial charge < -0.3 is 10.6 Å². The molecule has 3 rings (SSSR count). The molecule has 0 saturated carbocycles. The van der Waals surface area contributed by atoms with E-state index in [1.165, 1.54) is 24.3 Å². The van der Waals surface area contributed by atoms with Gasteiger partial charge in [0.05, 0.1) is 6.54 Å². The van der Waals surface area contributed by atoms with Crippen molar-refractivity contribution in [3.8, 4) is 0 Å². The summed E-state index contributed by atoms with van der Waals surface area (Å²) in [6, 6.07) is 13.6. The molecule has 1 heterocycles. The maximum atomic E-state index is 12.9. The Hall–Kier alpha value is -2.73. The SMILES string of the molecule is CCc1ccccc1NC(=O)C1CCN(CC(=O)Nc2ccc(F)cc2)CC1. The van der Waals surface area contributed by atoms with Crippen LogP contribution in [0, 0.1) is 11.7 Å². The van der Waals surface area contributed by atoms with Gasteiger partial charge in [0.25, 0.3) is 0 Å². The summed E-state index contributed by atoms with van der Waals surface area (Å²) in [4.78, 5) is 26.8. The van der Waals surface area contributed by atoms with Crippen molar-refractivity contribution in [1.82, 2.24) is 4.90 Å². The Bertz CT molecular complexity index is 815. The molecule has 5 nitrogen and oxygen atoms in total. The monoisotopic (exact) mass is 383 g/mol. The van der Waals surface area contributed by atoms with E-state index in [0.717, 1.165) is 30.5 Å². The number of piperidine rings is 1. The van der Waals surface area contributed by atoms with Crippen LogP contribution < -0.4 is 10.6 Å². The van der Waals surface area contributed by atoms with Crippen LogP contribution in [0.2, 0.25) is 0 Å². The van der Waals surface area contributed by atoms with Crippen LogP contribution in [0.25, 0.3) is 0 Å². The fourth-order valence-electron chi connectivity index (χ4n) is 3.48. The van der Waals surface area contributed by atoms with Crippen molar-refractivity contribution >= 4 is 23.2 Å². The molecule has 148 valence electrons. The van der Waals surface area contributed by atoms with Crippen LogP contribution in [0.1, 0.15) is 25.3 Å². The molecule has 1 aliphatic heterocycles. The number of halogens is 1. The number of benzene rings is 2. The van der Waals surface area contributed by atoms with Crippen LogP contribution in [0.4, 0.5) is 15.8 Å². The molecule has 28 heavy (non-hydrogen) atoms. The zero-order valence-electron chi connectivity index (χ0n) is 16.1. The van der Waals surface area contributed by atoms with E-state index in [1.807, 2.05) is 29.2 Å². The van der Waals surface area contributed by atoms with Gasteiger partial charge in [-0.25, -0.2) is 4.39 Å². The zero-order valence-corrected chi connectivity index (χ0v) is 16.1. The first-order chi connectivity index (χ1) is 13.5. The van der Waals surface area contributed by atoms with Crippen molar-refractivity contribution in [2.24, 2.45) is 5.92 Å². The molecule has 0 radical (unpaired) electrons. The molecule has 6 heteroatoms. The minimum atomic E-state index is -0.333. The lowest BCUT2D eigenvalue weighted by Crippen LogP contribution is -2.41. The first-order valence-corrected chi connectivity index (χ1v) is 9.71. The second kappa shape index (κ2) is 9.46. The molecule has 1 aliphatic rings. The largest absolute Gasteiger partial charge is 0.326 e. The lowest BCUT2D eigenvalue weighted by molar-refractivity contribution is -0.121. The number of amides is 2. The lowest BCUT2D eigenvalue weighted by Gasteiger charge is -2.30. The third-order valence-electron chi connectivity index (χ3n) is 5.11. The molecule has 0 spiro atoms. The van der Waals surface area contributed by atoms with Crippen molar-refractivity contribution in [2.75, 3.05) is 30.3 Å². The van der Waals surface area contributed by atoms with E-state index in [2.05, 4.69) is 17.6 Å². The fraction of sp³-hybridized carbons (Fsp3) is 0.364. The average Bonchev–Trinajstić information content (AvgIpc) is 2.70. The van der Waals surface area contributed by atoms with Gasteiger partial charge in [0.15, 0.2) is 0 Å². The number of nitrogens with zero attached hydrogens (tertiary/aromatic N) is 1. The van der Waals surface area contributed by atoms with Gasteiger partial charge in [-0.1, -0.05) is 25.1 Å². The summed E-state index contributed by atoms with van der Waals surface area (Å²) in [5, 5.41) is 5.83. The van der Waals surface area contributed by atoms with Gasteiger partial charge in [0, 0.05) is 17.3 Å². The molecule has 0 unspecified atom stereocenters. The summed E-state index contributed by atoms with van der Waals surface area (Å²) >= 11 is 0. The third-order valence-corrected chi connectivity index (χ3v) is 5.11. The van der Waals surface area contributed by atoms with Crippen molar-refractivity contribution in [2.45, 2.75) is 26.2 Å². The van der Waals surface area contributed by atoms with Crippen LogP contribution in [-0.4, -0.2) is 36.3 Å². The summed E-state index contributed by atoms with van der Waals surface area (Å²) in [6.07, 6.45) is 2.33. The van der Waals surface area contributed by atoms with Gasteiger partial charge in [0.2, 0.25) is 11.8 Å². The molecular formula is C22H26FN3O2. The second-order valence-electron chi connectivity index (χ2n) is 7.11. The minimum absolute atomic E-state index is 0.0404. The first kappa shape index (κ1) is 20.0. The number of hydrogen-bond acceptors (Lipinski definition) is 3. The summed E-state index contributed by atoms with van der Waals surface area (Å²) in [6.45, 7) is 3.74. The Kier molecular flexibility index (Phi) is 6.76. The van der Waals surface area contributed by atoms with Crippen LogP contribution in [0.3, 0.4) is 0 Å². The predicted molar refractivity (Wildman–Crippen MR) is 109 cm³/mol. The Labute approximate surface area is 164 Å². The lowest BCUT2D eigenvalue weighted by atomic mass is 9.95. The second-order valence-corrected chi connectivity index (χ2v) is 7.11. The van der Waals surface area contributed by atoms with Crippen LogP contribution in [-0.2, 0) is 16.0 Å². The molecule has 1 fully saturated rings. The standard InChI is InChI=1S/C22H26FN3O2/c1-2-16-5-3-4-6-20(16)25-22(28)17-11-13-26(14-12-17)15-21(27)24-19-9-7-18(23)8-10-19/h3-10,17H,2,11-15H2,1H3,(H,24,27)(H,25,28). The van der Waals surface area contributed by atoms with E-state index in [4.69, 9.17) is 0 Å². The number of carbonyl (C=O) groups excluding carboxylic acids is 2. The predicted octanol–water partition coefficient (Wildman–Crippen LogP) is 3.68. The number of anilines is 2. The molecule has 0 aliphatic carbocycles. The Morgan fingerprint density at radius 1 is 1.04 bits per heavy atom. The number of carbonyl (C=O) groups is 2. The number of para-hydroxylation sites is 1. The van der Waals surface area contributed by atoms with Crippen molar-refractivity contribution in [1.29, 1.82) is 0 Å². The maximum Gasteiger partial charge on any atom is 0.238 e. The molecule has 0 bridgehead atoms. The highest BCUT2D eigenvalue weighted by atomic mass is 19.1. The first-order valence-electron chi connectivity index (χ1n) is 9.71. The number of aryl methyl sites for hydroxylation is 1. The van der Waals surface area contributed by atoms with Gasteiger partial charge in [-0.15, -0.1) is 0 Å². The third kappa shape index (κ3) is 5.39. The smallest absolute Gasteiger partial charge is 0.238 e. The topological polar surface area (TPSA) is 61.4 Å². The molecule has 0 aromatic heterocycles. The Morgan fingerprint density at radius 2 is 1.71 bits per heavy atom. The van der Waals surface area contributed by atoms with Gasteiger partial charge in [-0.3, -0.25) is 14.5 Å². The quantitative estimate of drug-likeness (QED) is 0.800. The Morgan fingerprint density at radius 3 is 2.39 bits per heavy atom. The van der Waals surface area contributed by atoms with E-state index in [9.17, 15) is 14.0 Å². The highest BCUT2D eigenvalue weighted by Crippen LogP contribution is 2.21. The molecule has 2 amide bonds. The van der Waals surface area contributed by atoms with Gasteiger partial charge in [0.1, 0.15) is 5.82 Å². The van der Waals surface area contributed by atoms with E-state index >= 15 is 0 Å². The van der Waals surface area contributed by atoms with Crippen LogP contribution in [0.15, 0.2) is 48.5 Å². The summed E-state index contributed by atoms with van der Waals surface area (Å²) in [5.74, 6) is -0.455. The van der Waals surface area contributed by atoms with Crippen LogP contribution in [0.5, 0.6) is 0 Å². The van der Waals surface area contributed by atoms with Gasteiger partial charge in [-0.2, -0.15) is 0 Å². The summed E-state index contributed by atoms with van der Waals surface area (Å²) < 4.78 is 12.9. The Balaban J connectivity index is 1.45. The number of hydrogen-bond donors (Lipinski definition) is 2. The van der Waals surface area contributed by atoms with Gasteiger partial charge in [-0.05, 0) is 68.2 Å². The van der Waals surface area contributed by atoms with Crippen LogP contribution >= 0.6 is 0 Å². The summed E-state index contributed by atoms with van der Waals surface area (Å²) in [7, 11) is 0. The fourth-order valence-corrected chi connectivity index (χ4v) is 3.48. The maximum absolute atomic E-state index is 12.9. The van der Waals surface area contributed by atoms with Gasteiger partial charge >= 0.3 is 0 Å². The zero-order chi connectivity index (χ0) is 19.9. The van der Waals surface area contributed by atoms with Crippen molar-refractivity contribution in [3.63, 3.8) is 0 Å². The van der Waals surface area contributed by atoms with Crippen molar-refractivity contribution < 1.29 is 14.0 Å². The number of likely N-dealkylation sites (tertiary alicyclic amines) is 1. The highest BCUT2D eigenvalue weighted by Gasteiger charge is 2.26. The summed E-state index contributed by atoms with van der Waals surface area (Å²) in [5.41, 5.74) is 2.59. The molecule has 1 saturated heterocycles. The molecule has 2 aromatic carbocycles. The molecule has 2 N–H and O–H groups in total. The normalized spacial score (nSPS) is 15.2. The van der Waals surface area contributed by atoms with E-state index in [0.29, 0.717) is 18.8 Å². The number of nitrogens with one attached hydrogen (secondary N) is 2. The van der Waals surface area contributed by atoms with E-state index in [1.54, 1.807) is 0 Å². The highest BCUT2D eigenvalue weighted by molar-refractivity contribution is 5.93. The van der Waals surface area contributed by atoms with E-state index < -0.39 is 0 Å². The molecular weight excluding hydrogens is 357 g/mol. The molecule has 0 atom stereocenters.